The van der Waals surface area contributed by atoms with E-state index in [1.165, 1.54) is 0 Å². The SMILES string of the molecule is Clc1cc(Br)cn2ccnc12. The fourth-order valence-corrected chi connectivity index (χ4v) is 1.80. The smallest absolute Gasteiger partial charge is 0.155 e. The van der Waals surface area contributed by atoms with Crippen LogP contribution in [0.2, 0.25) is 5.02 Å². The third-order valence-electron chi connectivity index (χ3n) is 1.41. The van der Waals surface area contributed by atoms with Gasteiger partial charge in [0.2, 0.25) is 0 Å². The Morgan fingerprint density at radius 1 is 1.55 bits per heavy atom. The molecule has 11 heavy (non-hydrogen) atoms. The monoisotopic (exact) mass is 230 g/mol. The number of fused-ring (bicyclic) bond motifs is 1. The highest BCUT2D eigenvalue weighted by molar-refractivity contribution is 9.10. The zero-order valence-corrected chi connectivity index (χ0v) is 7.80. The zero-order chi connectivity index (χ0) is 7.84. The van der Waals surface area contributed by atoms with Crippen molar-refractivity contribution in [1.29, 1.82) is 0 Å². The number of imidazole rings is 1. The van der Waals surface area contributed by atoms with Crippen LogP contribution >= 0.6 is 27.5 Å². The number of pyridine rings is 1. The van der Waals surface area contributed by atoms with Gasteiger partial charge in [-0.25, -0.2) is 4.98 Å². The molecule has 0 atom stereocenters. The standard InChI is InChI=1S/C7H4BrClN2/c8-5-3-6(9)7-10-1-2-11(7)4-5/h1-4H. The Bertz CT molecular complexity index is 396. The molecule has 0 fully saturated rings. The minimum absolute atomic E-state index is 0.657. The third kappa shape index (κ3) is 1.14. The van der Waals surface area contributed by atoms with E-state index in [0.717, 1.165) is 10.1 Å². The van der Waals surface area contributed by atoms with E-state index in [4.69, 9.17) is 11.6 Å². The average molecular weight is 231 g/mol. The van der Waals surface area contributed by atoms with Gasteiger partial charge in [0.05, 0.1) is 5.02 Å². The largest absolute Gasteiger partial charge is 0.305 e. The minimum atomic E-state index is 0.657. The van der Waals surface area contributed by atoms with Gasteiger partial charge >= 0.3 is 0 Å². The van der Waals surface area contributed by atoms with Crippen molar-refractivity contribution in [3.05, 3.63) is 34.2 Å². The number of nitrogens with zero attached hydrogens (tertiary/aromatic N) is 2. The molecule has 0 radical (unpaired) electrons. The second kappa shape index (κ2) is 2.50. The van der Waals surface area contributed by atoms with Crippen LogP contribution in [0.15, 0.2) is 29.1 Å². The highest BCUT2D eigenvalue weighted by Gasteiger charge is 1.99. The summed E-state index contributed by atoms with van der Waals surface area (Å²) in [4.78, 5) is 4.07. The molecule has 0 aliphatic carbocycles. The Balaban J connectivity index is 2.91. The molecule has 2 aromatic heterocycles. The molecular formula is C7H4BrClN2. The first-order valence-corrected chi connectivity index (χ1v) is 4.22. The van der Waals surface area contributed by atoms with E-state index in [9.17, 15) is 0 Å². The van der Waals surface area contributed by atoms with Crippen LogP contribution in [0.25, 0.3) is 5.65 Å². The number of rotatable bonds is 0. The predicted molar refractivity (Wildman–Crippen MR) is 47.9 cm³/mol. The fraction of sp³-hybridized carbons (Fsp3) is 0. The molecule has 56 valence electrons. The van der Waals surface area contributed by atoms with Crippen LogP contribution in [0, 0.1) is 0 Å². The summed E-state index contributed by atoms with van der Waals surface area (Å²) in [6.07, 6.45) is 5.48. The highest BCUT2D eigenvalue weighted by atomic mass is 79.9. The maximum Gasteiger partial charge on any atom is 0.155 e. The summed E-state index contributed by atoms with van der Waals surface area (Å²) >= 11 is 9.23. The number of hydrogen-bond acceptors (Lipinski definition) is 1. The zero-order valence-electron chi connectivity index (χ0n) is 5.46. The van der Waals surface area contributed by atoms with E-state index in [1.54, 1.807) is 6.20 Å². The van der Waals surface area contributed by atoms with Crippen molar-refractivity contribution >= 4 is 33.2 Å². The van der Waals surface area contributed by atoms with E-state index in [2.05, 4.69) is 20.9 Å². The van der Waals surface area contributed by atoms with E-state index >= 15 is 0 Å². The van der Waals surface area contributed by atoms with Crippen molar-refractivity contribution in [1.82, 2.24) is 9.38 Å². The lowest BCUT2D eigenvalue weighted by Gasteiger charge is -1.96. The molecule has 0 amide bonds. The molecule has 0 bridgehead atoms. The minimum Gasteiger partial charge on any atom is -0.305 e. The lowest BCUT2D eigenvalue weighted by Crippen LogP contribution is -1.83. The molecule has 2 rings (SSSR count). The van der Waals surface area contributed by atoms with Gasteiger partial charge in [0.25, 0.3) is 0 Å². The highest BCUT2D eigenvalue weighted by Crippen LogP contribution is 2.20. The van der Waals surface area contributed by atoms with Crippen LogP contribution in [0.3, 0.4) is 0 Å². The summed E-state index contributed by atoms with van der Waals surface area (Å²) in [5.41, 5.74) is 0.787. The van der Waals surface area contributed by atoms with E-state index in [1.807, 2.05) is 22.9 Å². The number of hydrogen-bond donors (Lipinski definition) is 0. The fourth-order valence-electron chi connectivity index (χ4n) is 0.958. The van der Waals surface area contributed by atoms with Crippen LogP contribution in [-0.4, -0.2) is 9.38 Å². The number of halogens is 2. The average Bonchev–Trinajstić information content (AvgIpc) is 2.34. The molecule has 4 heteroatoms. The Hall–Kier alpha value is -0.540. The van der Waals surface area contributed by atoms with Crippen LogP contribution in [0.1, 0.15) is 0 Å². The lowest BCUT2D eigenvalue weighted by molar-refractivity contribution is 1.17. The lowest BCUT2D eigenvalue weighted by atomic mass is 10.5. The molecule has 0 aliphatic heterocycles. The molecule has 2 nitrogen and oxygen atoms in total. The quantitative estimate of drug-likeness (QED) is 0.681. The van der Waals surface area contributed by atoms with E-state index < -0.39 is 0 Å². The summed E-state index contributed by atoms with van der Waals surface area (Å²) in [6.45, 7) is 0. The van der Waals surface area contributed by atoms with Crippen LogP contribution < -0.4 is 0 Å². The normalized spacial score (nSPS) is 10.7. The molecule has 2 heterocycles. The second-order valence-corrected chi connectivity index (χ2v) is 3.49. The molecule has 0 aromatic carbocycles. The van der Waals surface area contributed by atoms with Crippen molar-refractivity contribution in [2.45, 2.75) is 0 Å². The van der Waals surface area contributed by atoms with Gasteiger partial charge in [-0.15, -0.1) is 0 Å². The number of aromatic nitrogens is 2. The molecule has 0 saturated heterocycles. The van der Waals surface area contributed by atoms with Gasteiger partial charge in [-0.2, -0.15) is 0 Å². The van der Waals surface area contributed by atoms with Crippen molar-refractivity contribution in [2.75, 3.05) is 0 Å². The molecule has 0 N–H and O–H groups in total. The van der Waals surface area contributed by atoms with Crippen LogP contribution in [0.5, 0.6) is 0 Å². The summed E-state index contributed by atoms with van der Waals surface area (Å²) < 4.78 is 2.82. The van der Waals surface area contributed by atoms with Gasteiger partial charge in [-0.1, -0.05) is 11.6 Å². The van der Waals surface area contributed by atoms with Gasteiger partial charge in [-0.3, -0.25) is 0 Å². The summed E-state index contributed by atoms with van der Waals surface area (Å²) in [5, 5.41) is 0.657. The molecule has 0 unspecified atom stereocenters. The molecule has 2 aromatic rings. The topological polar surface area (TPSA) is 17.3 Å². The first-order valence-electron chi connectivity index (χ1n) is 3.05. The molecular weight excluding hydrogens is 227 g/mol. The predicted octanol–water partition coefficient (Wildman–Crippen LogP) is 2.75. The Morgan fingerprint density at radius 3 is 3.18 bits per heavy atom. The van der Waals surface area contributed by atoms with Gasteiger partial charge < -0.3 is 4.40 Å². The van der Waals surface area contributed by atoms with Crippen molar-refractivity contribution in [2.24, 2.45) is 0 Å². The summed E-state index contributed by atoms with van der Waals surface area (Å²) in [5.74, 6) is 0. The van der Waals surface area contributed by atoms with Crippen molar-refractivity contribution in [3.63, 3.8) is 0 Å². The Labute approximate surface area is 76.9 Å². The summed E-state index contributed by atoms with van der Waals surface area (Å²) in [7, 11) is 0. The second-order valence-electron chi connectivity index (χ2n) is 2.16. The van der Waals surface area contributed by atoms with Gasteiger partial charge in [0.1, 0.15) is 0 Å². The van der Waals surface area contributed by atoms with Crippen molar-refractivity contribution in [3.8, 4) is 0 Å². The van der Waals surface area contributed by atoms with Crippen LogP contribution in [0.4, 0.5) is 0 Å². The summed E-state index contributed by atoms with van der Waals surface area (Å²) in [6, 6.07) is 1.82. The first kappa shape index (κ1) is 7.13. The maximum atomic E-state index is 5.89. The Morgan fingerprint density at radius 2 is 2.36 bits per heavy atom. The van der Waals surface area contributed by atoms with E-state index in [-0.39, 0.29) is 0 Å². The molecule has 0 aliphatic rings. The third-order valence-corrected chi connectivity index (χ3v) is 2.12. The Kier molecular flexibility index (Phi) is 1.62. The van der Waals surface area contributed by atoms with Crippen molar-refractivity contribution < 1.29 is 0 Å². The van der Waals surface area contributed by atoms with Gasteiger partial charge in [0, 0.05) is 23.1 Å². The molecule has 0 saturated carbocycles. The molecule has 0 spiro atoms. The maximum absolute atomic E-state index is 5.89. The van der Waals surface area contributed by atoms with Gasteiger partial charge in [0.15, 0.2) is 5.65 Å². The van der Waals surface area contributed by atoms with Gasteiger partial charge in [-0.05, 0) is 22.0 Å². The van der Waals surface area contributed by atoms with Crippen LogP contribution in [-0.2, 0) is 0 Å². The first-order chi connectivity index (χ1) is 5.27. The van der Waals surface area contributed by atoms with E-state index in [0.29, 0.717) is 5.02 Å².